The summed E-state index contributed by atoms with van der Waals surface area (Å²) < 4.78 is 40.6. The molecule has 1 aliphatic heterocycles. The summed E-state index contributed by atoms with van der Waals surface area (Å²) in [6.45, 7) is 4.70. The van der Waals surface area contributed by atoms with Gasteiger partial charge in [0.05, 0.1) is 19.7 Å². The average molecular weight is 462 g/mol. The number of carbonyl (C=O) groups excluding carboxylic acids is 2. The Labute approximate surface area is 186 Å². The molecule has 0 bridgehead atoms. The predicted molar refractivity (Wildman–Crippen MR) is 113 cm³/mol. The Bertz CT molecular complexity index is 775. The van der Waals surface area contributed by atoms with Crippen LogP contribution < -0.4 is 0 Å². The molecule has 0 radical (unpaired) electrons. The van der Waals surface area contributed by atoms with E-state index in [2.05, 4.69) is 0 Å². The maximum atomic E-state index is 14.9. The third kappa shape index (κ3) is 7.29. The van der Waals surface area contributed by atoms with E-state index < -0.39 is 49.0 Å². The lowest BCUT2D eigenvalue weighted by molar-refractivity contribution is -0.157. The van der Waals surface area contributed by atoms with E-state index in [9.17, 15) is 18.5 Å². The maximum absolute atomic E-state index is 14.9. The van der Waals surface area contributed by atoms with Crippen molar-refractivity contribution in [2.45, 2.75) is 51.2 Å². The molecule has 0 saturated carbocycles. The van der Waals surface area contributed by atoms with E-state index in [0.717, 1.165) is 4.90 Å². The number of hydrogen-bond acceptors (Lipinski definition) is 5. The van der Waals surface area contributed by atoms with Gasteiger partial charge in [-0.05, 0) is 52.6 Å². The molecule has 1 aromatic rings. The molecule has 0 spiro atoms. The van der Waals surface area contributed by atoms with Gasteiger partial charge in [-0.25, -0.2) is 9.18 Å². The fourth-order valence-corrected chi connectivity index (χ4v) is 3.36. The molecule has 7 nitrogen and oxygen atoms in total. The summed E-state index contributed by atoms with van der Waals surface area (Å²) in [6, 6.07) is 4.89. The first kappa shape index (κ1) is 25.3. The van der Waals surface area contributed by atoms with Crippen molar-refractivity contribution in [2.75, 3.05) is 33.8 Å². The highest BCUT2D eigenvalue weighted by atomic mass is 35.5. The van der Waals surface area contributed by atoms with E-state index in [0.29, 0.717) is 17.1 Å². The molecule has 0 aromatic heterocycles. The van der Waals surface area contributed by atoms with Crippen LogP contribution in [0.25, 0.3) is 0 Å². The average Bonchev–Trinajstić information content (AvgIpc) is 2.96. The Kier molecular flexibility index (Phi) is 8.62. The molecule has 3 atom stereocenters. The molecule has 1 fully saturated rings. The molecule has 2 rings (SSSR count). The van der Waals surface area contributed by atoms with Gasteiger partial charge < -0.3 is 14.4 Å². The highest BCUT2D eigenvalue weighted by Crippen LogP contribution is 2.28. The van der Waals surface area contributed by atoms with Gasteiger partial charge in [0.2, 0.25) is 0 Å². The van der Waals surface area contributed by atoms with Gasteiger partial charge in [-0.15, -0.1) is 0 Å². The van der Waals surface area contributed by atoms with E-state index in [1.807, 2.05) is 19.0 Å². The quantitative estimate of drug-likeness (QED) is 0.582. The molecule has 1 aliphatic rings. The summed E-state index contributed by atoms with van der Waals surface area (Å²) in [5, 5.41) is 0.344. The summed E-state index contributed by atoms with van der Waals surface area (Å²) in [5.41, 5.74) is -0.414. The Morgan fingerprint density at radius 3 is 2.55 bits per heavy atom. The monoisotopic (exact) mass is 461 g/mol. The molecule has 31 heavy (non-hydrogen) atoms. The second-order valence-corrected chi connectivity index (χ2v) is 9.16. The fraction of sp³-hybridized carbons (Fsp3) is 0.619. The van der Waals surface area contributed by atoms with Gasteiger partial charge in [-0.1, -0.05) is 28.2 Å². The molecule has 1 aromatic carbocycles. The van der Waals surface area contributed by atoms with Gasteiger partial charge in [0.15, 0.2) is 0 Å². The number of likely N-dealkylation sites (tertiary alicyclic amines) is 1. The van der Waals surface area contributed by atoms with Gasteiger partial charge in [0, 0.05) is 11.6 Å². The van der Waals surface area contributed by atoms with Crippen LogP contribution in [0.15, 0.2) is 24.3 Å². The number of benzene rings is 1. The maximum Gasteiger partial charge on any atom is 0.411 e. The van der Waals surface area contributed by atoms with Crippen molar-refractivity contribution < 1.29 is 27.9 Å². The van der Waals surface area contributed by atoms with Crippen molar-refractivity contribution in [3.63, 3.8) is 0 Å². The number of carbonyl (C=O) groups is 2. The van der Waals surface area contributed by atoms with E-state index in [4.69, 9.17) is 21.1 Å². The number of amides is 2. The minimum absolute atomic E-state index is 0.0476. The standard InChI is InChI=1S/C21H30ClF2N3O4/c1-21(2,3)31-20(29)26-13-16(23)18(30-10-9-25(4)5)17(26)19(28)27(24)12-14-7-6-8-15(22)11-14/h6-8,11,16-18H,9-10,12-13H2,1-5H3/t16-,17-,18+/m0/s1. The second kappa shape index (κ2) is 10.6. The Morgan fingerprint density at radius 2 is 1.97 bits per heavy atom. The smallest absolute Gasteiger partial charge is 0.411 e. The largest absolute Gasteiger partial charge is 0.444 e. The van der Waals surface area contributed by atoms with Crippen LogP contribution in [0.2, 0.25) is 5.02 Å². The van der Waals surface area contributed by atoms with Crippen molar-refractivity contribution in [3.05, 3.63) is 34.9 Å². The van der Waals surface area contributed by atoms with E-state index in [1.54, 1.807) is 39.0 Å². The Morgan fingerprint density at radius 1 is 1.29 bits per heavy atom. The predicted octanol–water partition coefficient (Wildman–Crippen LogP) is 3.46. The molecular formula is C21H30ClF2N3O4. The molecule has 0 unspecified atom stereocenters. The van der Waals surface area contributed by atoms with Crippen molar-refractivity contribution in [1.82, 2.24) is 14.9 Å². The zero-order chi connectivity index (χ0) is 23.3. The topological polar surface area (TPSA) is 62.3 Å². The van der Waals surface area contributed by atoms with E-state index in [1.165, 1.54) is 6.07 Å². The minimum Gasteiger partial charge on any atom is -0.444 e. The first-order valence-electron chi connectivity index (χ1n) is 10.0. The van der Waals surface area contributed by atoms with Crippen molar-refractivity contribution in [2.24, 2.45) is 0 Å². The molecular weight excluding hydrogens is 432 g/mol. The molecule has 0 aliphatic carbocycles. The van der Waals surface area contributed by atoms with Crippen LogP contribution in [0.3, 0.4) is 0 Å². The van der Waals surface area contributed by atoms with Crippen LogP contribution in [-0.4, -0.2) is 84.6 Å². The lowest BCUT2D eigenvalue weighted by Crippen LogP contribution is -2.51. The summed E-state index contributed by atoms with van der Waals surface area (Å²) >= 11 is 5.92. The molecule has 0 N–H and O–H groups in total. The van der Waals surface area contributed by atoms with Crippen molar-refractivity contribution in [1.29, 1.82) is 0 Å². The zero-order valence-corrected chi connectivity index (χ0v) is 19.2. The van der Waals surface area contributed by atoms with Crippen LogP contribution in [0.4, 0.5) is 13.7 Å². The van der Waals surface area contributed by atoms with Crippen LogP contribution in [0.1, 0.15) is 26.3 Å². The Balaban J connectivity index is 2.23. The van der Waals surface area contributed by atoms with Crippen molar-refractivity contribution in [3.8, 4) is 0 Å². The van der Waals surface area contributed by atoms with Gasteiger partial charge in [0.25, 0.3) is 5.91 Å². The summed E-state index contributed by atoms with van der Waals surface area (Å²) in [5.74, 6) is -1.08. The Hall–Kier alpha value is -1.97. The van der Waals surface area contributed by atoms with Crippen molar-refractivity contribution >= 4 is 23.6 Å². The zero-order valence-electron chi connectivity index (χ0n) is 18.5. The number of nitrogens with zero attached hydrogens (tertiary/aromatic N) is 3. The fourth-order valence-electron chi connectivity index (χ4n) is 3.15. The van der Waals surface area contributed by atoms with Crippen LogP contribution in [-0.2, 0) is 20.8 Å². The number of hydrogen-bond donors (Lipinski definition) is 0. The lowest BCUT2D eigenvalue weighted by atomic mass is 10.1. The summed E-state index contributed by atoms with van der Waals surface area (Å²) in [6.07, 6.45) is -3.87. The highest BCUT2D eigenvalue weighted by Gasteiger charge is 2.51. The summed E-state index contributed by atoms with van der Waals surface area (Å²) in [7, 11) is 3.63. The lowest BCUT2D eigenvalue weighted by Gasteiger charge is -2.30. The molecule has 1 heterocycles. The van der Waals surface area contributed by atoms with Gasteiger partial charge in [-0.3, -0.25) is 9.69 Å². The third-order valence-corrected chi connectivity index (χ3v) is 4.79. The summed E-state index contributed by atoms with van der Waals surface area (Å²) in [4.78, 5) is 28.3. The van der Waals surface area contributed by atoms with Crippen LogP contribution in [0, 0.1) is 0 Å². The number of alkyl halides is 1. The molecule has 2 amide bonds. The van der Waals surface area contributed by atoms with E-state index >= 15 is 0 Å². The SMILES string of the molecule is CN(C)CCO[C@H]1[C@@H](C(=O)N(F)Cc2cccc(Cl)c2)N(C(=O)OC(C)(C)C)C[C@@H]1F. The number of halogens is 3. The second-order valence-electron chi connectivity index (χ2n) is 8.72. The molecule has 10 heteroatoms. The number of likely N-dealkylation sites (N-methyl/N-ethyl adjacent to an activating group) is 1. The highest BCUT2D eigenvalue weighted by molar-refractivity contribution is 6.30. The third-order valence-electron chi connectivity index (χ3n) is 4.55. The normalized spacial score (nSPS) is 21.5. The first-order chi connectivity index (χ1) is 14.4. The first-order valence-corrected chi connectivity index (χ1v) is 10.4. The number of ether oxygens (including phenoxy) is 2. The van der Waals surface area contributed by atoms with Gasteiger partial charge in [0.1, 0.15) is 23.9 Å². The van der Waals surface area contributed by atoms with E-state index in [-0.39, 0.29) is 11.7 Å². The molecule has 174 valence electrons. The minimum atomic E-state index is -1.66. The van der Waals surface area contributed by atoms with Crippen LogP contribution >= 0.6 is 11.6 Å². The van der Waals surface area contributed by atoms with Crippen LogP contribution in [0.5, 0.6) is 0 Å². The number of rotatable bonds is 7. The molecule has 1 saturated heterocycles. The van der Waals surface area contributed by atoms with Gasteiger partial charge >= 0.3 is 6.09 Å². The van der Waals surface area contributed by atoms with Gasteiger partial charge in [-0.2, -0.15) is 5.12 Å².